The lowest BCUT2D eigenvalue weighted by atomic mass is 9.90. The molecule has 5 aromatic rings. The van der Waals surface area contributed by atoms with Gasteiger partial charge < -0.3 is 39.3 Å². The number of hydrogen-bond acceptors (Lipinski definition) is 16. The Morgan fingerprint density at radius 1 is 0.821 bits per heavy atom. The van der Waals surface area contributed by atoms with E-state index in [2.05, 4.69) is 72.8 Å². The van der Waals surface area contributed by atoms with Crippen LogP contribution in [0, 0.1) is 5.41 Å². The second kappa shape index (κ2) is 20.3. The summed E-state index contributed by atoms with van der Waals surface area (Å²) in [5, 5.41) is 14.7. The molecule has 4 N–H and O–H groups in total. The van der Waals surface area contributed by atoms with Crippen molar-refractivity contribution in [1.82, 2.24) is 34.2 Å². The molecule has 4 aromatic heterocycles. The molecule has 6 aliphatic rings. The molecule has 5 amide bonds. The number of pyridine rings is 3. The first-order valence-electron chi connectivity index (χ1n) is 26.5. The molecular weight excluding hydrogens is 1020 g/mol. The van der Waals surface area contributed by atoms with Gasteiger partial charge in [-0.2, -0.15) is 0 Å². The topological polar surface area (TPSA) is 257 Å². The van der Waals surface area contributed by atoms with E-state index < -0.39 is 50.3 Å². The average molecular weight is 1090 g/mol. The van der Waals surface area contributed by atoms with Crippen molar-refractivity contribution < 1.29 is 52.7 Å². The van der Waals surface area contributed by atoms with Crippen LogP contribution < -0.4 is 24.8 Å². The predicted octanol–water partition coefficient (Wildman–Crippen LogP) is 5.68. The van der Waals surface area contributed by atoms with Gasteiger partial charge in [-0.25, -0.2) is 19.5 Å². The average Bonchev–Trinajstić information content (AvgIpc) is 4.04. The van der Waals surface area contributed by atoms with Crippen LogP contribution in [0.15, 0.2) is 67.1 Å². The third-order valence-corrected chi connectivity index (χ3v) is 16.8. The molecule has 3 saturated heterocycles. The van der Waals surface area contributed by atoms with Crippen molar-refractivity contribution >= 4 is 66.1 Å². The smallest absolute Gasteiger partial charge is 0.471 e. The number of anilines is 5. The summed E-state index contributed by atoms with van der Waals surface area (Å²) in [7, 11) is -3.46. The third kappa shape index (κ3) is 9.72. The highest BCUT2D eigenvalue weighted by Crippen LogP contribution is 2.43. The lowest BCUT2D eigenvalue weighted by Gasteiger charge is -2.48. The SMILES string of the molecule is COc1ncc(-c2ccnc(N3CCn4c(cc5c4CC(C)(C)C5)C3=O)c2[C@@H](C)O)cc1Nc1ccc(N2CCN(C3CCN(c4ccc5c(c4)C(=O)N(C4CCC(=O)N(COP(=O)(O)O)C4=O)C5=O)[C@H](C)C3)C[C@@H]2C)cn1. The van der Waals surface area contributed by atoms with E-state index >= 15 is 0 Å². The Morgan fingerprint density at radius 3 is 2.31 bits per heavy atom. The highest BCUT2D eigenvalue weighted by Gasteiger charge is 2.48. The summed E-state index contributed by atoms with van der Waals surface area (Å²) < 4.78 is 23.5. The minimum atomic E-state index is -5.01. The van der Waals surface area contributed by atoms with Gasteiger partial charge in [0.2, 0.25) is 11.8 Å². The second-order valence-electron chi connectivity index (χ2n) is 22.1. The molecule has 9 heterocycles. The maximum atomic E-state index is 14.1. The Morgan fingerprint density at radius 2 is 1.59 bits per heavy atom. The number of aromatic nitrogens is 4. The van der Waals surface area contributed by atoms with Gasteiger partial charge in [0.25, 0.3) is 23.6 Å². The summed E-state index contributed by atoms with van der Waals surface area (Å²) in [6.45, 7) is 13.8. The van der Waals surface area contributed by atoms with Gasteiger partial charge in [-0.05, 0) is 118 Å². The fraction of sp³-hybridized carbons (Fsp3) is 0.455. The molecule has 5 aliphatic heterocycles. The normalized spacial score (nSPS) is 23.0. The number of nitrogens with zero attached hydrogens (tertiary/aromatic N) is 10. The molecule has 3 fully saturated rings. The number of benzene rings is 1. The first-order chi connectivity index (χ1) is 37.2. The van der Waals surface area contributed by atoms with Gasteiger partial charge in [0.1, 0.15) is 35.8 Å². The standard InChI is InChI=1S/C55H64N11O11P/c1-31-21-36(14-16-61(31)37-7-9-40-41(24-37)52(70)66(51(40)69)43-10-12-47(68)65(53(43)71)30-77-78(73,74)75)60-17-18-62(32(2)29-60)38-8-11-46(57-28-38)59-42-22-35(27-58-50(42)76-6)39-13-15-56-49(48(39)33(3)67)64-20-19-63-44(54(64)72)23-34-25-55(4,5)26-45(34)63/h7-9,11,13,15,22-24,27-28,31-33,36,43,67H,10,12,14,16-21,25-26,29-30H2,1-6H3,(H,57,59)(H2,73,74,75)/t31-,32+,33-,36?,43?/m1/s1. The molecule has 410 valence electrons. The van der Waals surface area contributed by atoms with Crippen LogP contribution in [0.3, 0.4) is 0 Å². The number of methoxy groups -OCH3 is 1. The van der Waals surface area contributed by atoms with Crippen molar-refractivity contribution in [1.29, 1.82) is 0 Å². The molecular formula is C55H64N11O11P. The molecule has 22 nitrogen and oxygen atoms in total. The van der Waals surface area contributed by atoms with Crippen LogP contribution in [0.1, 0.15) is 114 Å². The monoisotopic (exact) mass is 1090 g/mol. The van der Waals surface area contributed by atoms with E-state index in [0.29, 0.717) is 76.2 Å². The number of piperazine rings is 1. The van der Waals surface area contributed by atoms with E-state index in [4.69, 9.17) is 19.5 Å². The van der Waals surface area contributed by atoms with E-state index in [1.165, 1.54) is 11.3 Å². The molecule has 0 radical (unpaired) electrons. The number of aliphatic hydroxyl groups is 1. The van der Waals surface area contributed by atoms with E-state index in [-0.39, 0.29) is 47.4 Å². The molecule has 2 unspecified atom stereocenters. The number of imide groups is 2. The van der Waals surface area contributed by atoms with Gasteiger partial charge in [0, 0.05) is 98.7 Å². The molecule has 1 aromatic carbocycles. The number of rotatable bonds is 13. The summed E-state index contributed by atoms with van der Waals surface area (Å²) in [6.07, 6.45) is 7.55. The number of carbonyl (C=O) groups is 5. The maximum absolute atomic E-state index is 14.1. The Kier molecular flexibility index (Phi) is 13.8. The highest BCUT2D eigenvalue weighted by atomic mass is 31.2. The molecule has 23 heteroatoms. The van der Waals surface area contributed by atoms with E-state index in [1.54, 1.807) is 43.5 Å². The van der Waals surface area contributed by atoms with Crippen LogP contribution in [0.25, 0.3) is 11.1 Å². The van der Waals surface area contributed by atoms with Gasteiger partial charge in [0.15, 0.2) is 0 Å². The number of ether oxygens (including phenoxy) is 1. The number of fused-ring (bicyclic) bond motifs is 4. The summed E-state index contributed by atoms with van der Waals surface area (Å²) in [4.78, 5) is 110. The van der Waals surface area contributed by atoms with Gasteiger partial charge in [-0.3, -0.25) is 48.1 Å². The summed E-state index contributed by atoms with van der Waals surface area (Å²) in [5.74, 6) is -1.77. The van der Waals surface area contributed by atoms with Crippen LogP contribution in [-0.4, -0.2) is 149 Å². The Balaban J connectivity index is 0.717. The number of nitrogens with one attached hydrogen (secondary N) is 1. The van der Waals surface area contributed by atoms with Crippen molar-refractivity contribution in [3.05, 3.63) is 101 Å². The summed E-state index contributed by atoms with van der Waals surface area (Å²) >= 11 is 0. The molecule has 5 atom stereocenters. The van der Waals surface area contributed by atoms with Gasteiger partial charge >= 0.3 is 7.82 Å². The Bertz CT molecular complexity index is 3310. The van der Waals surface area contributed by atoms with Gasteiger partial charge in [-0.15, -0.1) is 0 Å². The molecule has 1 aliphatic carbocycles. The molecule has 78 heavy (non-hydrogen) atoms. The minimum Gasteiger partial charge on any atom is -0.480 e. The van der Waals surface area contributed by atoms with E-state index in [9.17, 15) is 33.6 Å². The van der Waals surface area contributed by atoms with Crippen molar-refractivity contribution in [2.75, 3.05) is 66.6 Å². The van der Waals surface area contributed by atoms with Crippen molar-refractivity contribution in [3.8, 4) is 17.0 Å². The molecule has 11 rings (SSSR count). The maximum Gasteiger partial charge on any atom is 0.471 e. The van der Waals surface area contributed by atoms with Gasteiger partial charge in [-0.1, -0.05) is 13.8 Å². The number of hydrogen-bond donors (Lipinski definition) is 4. The summed E-state index contributed by atoms with van der Waals surface area (Å²) in [6, 6.07) is 14.1. The number of carbonyl (C=O) groups excluding carboxylic acids is 5. The van der Waals surface area contributed by atoms with Crippen LogP contribution in [0.5, 0.6) is 5.88 Å². The molecule has 0 bridgehead atoms. The van der Waals surface area contributed by atoms with E-state index in [0.717, 1.165) is 61.6 Å². The number of phosphoric acid groups is 1. The van der Waals surface area contributed by atoms with Crippen molar-refractivity contribution in [2.24, 2.45) is 5.41 Å². The Hall–Kier alpha value is -7.07. The number of likely N-dealkylation sites (tertiary alicyclic amines) is 1. The van der Waals surface area contributed by atoms with Crippen molar-refractivity contribution in [2.45, 2.75) is 110 Å². The zero-order valence-corrected chi connectivity index (χ0v) is 45.4. The number of aliphatic hydroxyl groups excluding tert-OH is 1. The first kappa shape index (κ1) is 53.0. The zero-order chi connectivity index (χ0) is 55.1. The van der Waals surface area contributed by atoms with Crippen LogP contribution in [0.4, 0.5) is 28.7 Å². The van der Waals surface area contributed by atoms with Crippen LogP contribution in [-0.2, 0) is 38.1 Å². The highest BCUT2D eigenvalue weighted by molar-refractivity contribution is 7.46. The number of piperidine rings is 2. The second-order valence-corrected chi connectivity index (χ2v) is 23.4. The van der Waals surface area contributed by atoms with Crippen molar-refractivity contribution in [3.63, 3.8) is 0 Å². The zero-order valence-electron chi connectivity index (χ0n) is 44.5. The first-order valence-corrected chi connectivity index (χ1v) is 28.0. The molecule has 0 saturated carbocycles. The Labute approximate surface area is 451 Å². The summed E-state index contributed by atoms with van der Waals surface area (Å²) in [5.41, 5.74) is 7.85. The minimum absolute atomic E-state index is 0.0985. The van der Waals surface area contributed by atoms with Crippen LogP contribution in [0.2, 0.25) is 0 Å². The fourth-order valence-corrected chi connectivity index (χ4v) is 12.9. The lowest BCUT2D eigenvalue weighted by Crippen LogP contribution is -2.58. The predicted molar refractivity (Wildman–Crippen MR) is 287 cm³/mol. The molecule has 0 spiro atoms. The number of phosphoric ester groups is 1. The van der Waals surface area contributed by atoms with Gasteiger partial charge in [0.05, 0.1) is 36.2 Å². The lowest BCUT2D eigenvalue weighted by molar-refractivity contribution is -0.155. The number of amides is 5. The van der Waals surface area contributed by atoms with Crippen LogP contribution >= 0.6 is 7.82 Å². The fourth-order valence-electron chi connectivity index (χ4n) is 12.7. The van der Waals surface area contributed by atoms with E-state index in [1.807, 2.05) is 36.5 Å². The third-order valence-electron chi connectivity index (χ3n) is 16.4. The largest absolute Gasteiger partial charge is 0.480 e. The quantitative estimate of drug-likeness (QED) is 0.0817.